The second kappa shape index (κ2) is 11.0. The average molecular weight is 479 g/mol. The molecule has 0 aliphatic heterocycles. The number of rotatable bonds is 6. The Morgan fingerprint density at radius 3 is 2.36 bits per heavy atom. The molecule has 3 rings (SSSR count). The first kappa shape index (κ1) is 27.7. The summed E-state index contributed by atoms with van der Waals surface area (Å²) in [5.74, 6) is 5.30. The molecule has 0 saturated heterocycles. The fourth-order valence-electron chi connectivity index (χ4n) is 8.14. The Bertz CT molecular complexity index is 611. The summed E-state index contributed by atoms with van der Waals surface area (Å²) >= 11 is 0. The van der Waals surface area contributed by atoms with E-state index in [2.05, 4.69) is 54.6 Å². The predicted octanol–water partition coefficient (Wildman–Crippen LogP) is 8.83. The monoisotopic (exact) mass is 478 g/mol. The molecule has 1 N–H and O–H groups in total. The number of aliphatic hydroxyl groups excluding tert-OH is 1. The quantitative estimate of drug-likeness (QED) is 0.305. The Morgan fingerprint density at radius 1 is 0.970 bits per heavy atom. The molecular formula is C30H58O2Si. The lowest BCUT2D eigenvalue weighted by Gasteiger charge is -2.52. The van der Waals surface area contributed by atoms with Gasteiger partial charge in [-0.05, 0) is 123 Å². The molecule has 3 saturated carbocycles. The van der Waals surface area contributed by atoms with E-state index < -0.39 is 8.32 Å². The maximum absolute atomic E-state index is 10.3. The lowest BCUT2D eigenvalue weighted by molar-refractivity contribution is -0.0300. The molecule has 2 nitrogen and oxygen atoms in total. The van der Waals surface area contributed by atoms with Crippen molar-refractivity contribution < 1.29 is 9.53 Å². The van der Waals surface area contributed by atoms with E-state index in [1.807, 2.05) is 0 Å². The third kappa shape index (κ3) is 6.29. The van der Waals surface area contributed by atoms with Crippen LogP contribution in [0, 0.1) is 40.9 Å². The molecular weight excluding hydrogens is 420 g/mol. The highest BCUT2D eigenvalue weighted by atomic mass is 28.4. The minimum atomic E-state index is -1.61. The molecule has 194 valence electrons. The molecule has 3 heteroatoms. The van der Waals surface area contributed by atoms with Gasteiger partial charge in [-0.3, -0.25) is 0 Å². The lowest BCUT2D eigenvalue weighted by atomic mass is 9.53. The first-order chi connectivity index (χ1) is 15.4. The van der Waals surface area contributed by atoms with Crippen LogP contribution in [0.15, 0.2) is 0 Å². The van der Waals surface area contributed by atoms with Gasteiger partial charge in [-0.1, -0.05) is 54.4 Å². The summed E-state index contributed by atoms with van der Waals surface area (Å²) in [6, 6.07) is 0. The Kier molecular flexibility index (Phi) is 9.27. The fourth-order valence-corrected chi connectivity index (χ4v) is 9.23. The molecule has 0 spiro atoms. The van der Waals surface area contributed by atoms with Crippen LogP contribution in [0.1, 0.15) is 119 Å². The molecule has 3 fully saturated rings. The van der Waals surface area contributed by atoms with Gasteiger partial charge in [0.05, 0.1) is 6.10 Å². The molecule has 8 atom stereocenters. The second-order valence-electron chi connectivity index (χ2n) is 14.4. The summed E-state index contributed by atoms with van der Waals surface area (Å²) < 4.78 is 6.50. The summed E-state index contributed by atoms with van der Waals surface area (Å²) in [6.07, 6.45) is 15.6. The summed E-state index contributed by atoms with van der Waals surface area (Å²) in [5, 5.41) is 10.6. The van der Waals surface area contributed by atoms with Crippen molar-refractivity contribution in [1.82, 2.24) is 0 Å². The third-order valence-electron chi connectivity index (χ3n) is 11.3. The fraction of sp³-hybridized carbons (Fsp3) is 1.00. The Labute approximate surface area is 208 Å². The van der Waals surface area contributed by atoms with Gasteiger partial charge < -0.3 is 9.53 Å². The van der Waals surface area contributed by atoms with E-state index in [4.69, 9.17) is 4.43 Å². The number of fused-ring (bicyclic) bond motifs is 3. The third-order valence-corrected chi connectivity index (χ3v) is 15.9. The summed E-state index contributed by atoms with van der Waals surface area (Å²) in [6.45, 7) is 20.5. The molecule has 0 aromatic heterocycles. The zero-order valence-corrected chi connectivity index (χ0v) is 24.6. The number of hydrogen-bond acceptors (Lipinski definition) is 2. The highest BCUT2D eigenvalue weighted by molar-refractivity contribution is 6.74. The van der Waals surface area contributed by atoms with E-state index in [-0.39, 0.29) is 6.10 Å². The molecule has 33 heavy (non-hydrogen) atoms. The van der Waals surface area contributed by atoms with E-state index in [1.165, 1.54) is 64.2 Å². The summed E-state index contributed by atoms with van der Waals surface area (Å²) in [4.78, 5) is 0. The van der Waals surface area contributed by atoms with Gasteiger partial charge in [0, 0.05) is 6.61 Å². The highest BCUT2D eigenvalue weighted by Gasteiger charge is 2.55. The molecule has 0 radical (unpaired) electrons. The van der Waals surface area contributed by atoms with Gasteiger partial charge in [0.15, 0.2) is 8.32 Å². The molecule has 0 bridgehead atoms. The van der Waals surface area contributed by atoms with Crippen molar-refractivity contribution in [2.24, 2.45) is 40.9 Å². The maximum atomic E-state index is 10.3. The van der Waals surface area contributed by atoms with Crippen molar-refractivity contribution in [3.8, 4) is 0 Å². The van der Waals surface area contributed by atoms with Crippen LogP contribution in [0.4, 0.5) is 0 Å². The van der Waals surface area contributed by atoms with Crippen LogP contribution in [-0.4, -0.2) is 26.1 Å². The van der Waals surface area contributed by atoms with E-state index in [9.17, 15) is 5.11 Å². The normalized spacial score (nSPS) is 39.5. The highest BCUT2D eigenvalue weighted by Crippen LogP contribution is 2.63. The smallest absolute Gasteiger partial charge is 0.191 e. The van der Waals surface area contributed by atoms with Crippen LogP contribution in [0.2, 0.25) is 18.1 Å². The minimum absolute atomic E-state index is 0.0461. The topological polar surface area (TPSA) is 29.5 Å². The molecule has 3 unspecified atom stereocenters. The summed E-state index contributed by atoms with van der Waals surface area (Å²) in [5.41, 5.74) is 0.560. The Hall–Kier alpha value is 0.137. The number of aliphatic hydroxyl groups is 1. The van der Waals surface area contributed by atoms with Gasteiger partial charge in [0.25, 0.3) is 0 Å². The van der Waals surface area contributed by atoms with Crippen molar-refractivity contribution in [2.45, 2.75) is 143 Å². The van der Waals surface area contributed by atoms with Crippen LogP contribution in [0.5, 0.6) is 0 Å². The van der Waals surface area contributed by atoms with Crippen LogP contribution in [0.3, 0.4) is 0 Å². The Morgan fingerprint density at radius 2 is 1.67 bits per heavy atom. The van der Waals surface area contributed by atoms with Crippen LogP contribution >= 0.6 is 0 Å². The van der Waals surface area contributed by atoms with Gasteiger partial charge in [0.2, 0.25) is 0 Å². The molecule has 0 amide bonds. The molecule has 0 aromatic rings. The first-order valence-electron chi connectivity index (χ1n) is 14.7. The minimum Gasteiger partial charge on any atom is -0.417 e. The van der Waals surface area contributed by atoms with Crippen molar-refractivity contribution in [2.75, 3.05) is 6.61 Å². The lowest BCUT2D eigenvalue weighted by Crippen LogP contribution is -2.44. The first-order valence-corrected chi connectivity index (χ1v) is 17.6. The van der Waals surface area contributed by atoms with Gasteiger partial charge in [-0.15, -0.1) is 0 Å². The SMILES string of the molecule is CC1CC[C@H](O)CCCCC2[C@@H]1CCC1(C)[C@@H]([C@H](C)CCCO[Si](C)(C)C(C)(C)C)CC[C@@H]21. The van der Waals surface area contributed by atoms with Crippen molar-refractivity contribution >= 4 is 8.32 Å². The van der Waals surface area contributed by atoms with Gasteiger partial charge in [-0.25, -0.2) is 0 Å². The number of hydrogen-bond donors (Lipinski definition) is 1. The van der Waals surface area contributed by atoms with E-state index in [1.54, 1.807) is 0 Å². The maximum Gasteiger partial charge on any atom is 0.191 e. The molecule has 3 aliphatic rings. The Balaban J connectivity index is 1.59. The molecule has 0 aromatic carbocycles. The standard InChI is InChI=1S/C30H58O2Si/c1-22-15-16-24(31)13-9-10-14-26-25(22)19-20-30(6)27(17-18-28(26)30)23(2)12-11-21-32-33(7,8)29(3,4)5/h22-28,31H,9-21H2,1-8H3/t22?,23-,24-,25-,26?,27-,28+,30?/m1/s1. The molecule has 0 heterocycles. The predicted molar refractivity (Wildman–Crippen MR) is 145 cm³/mol. The van der Waals surface area contributed by atoms with E-state index >= 15 is 0 Å². The van der Waals surface area contributed by atoms with Crippen molar-refractivity contribution in [1.29, 1.82) is 0 Å². The average Bonchev–Trinajstić information content (AvgIpc) is 3.08. The van der Waals surface area contributed by atoms with E-state index in [0.29, 0.717) is 10.5 Å². The van der Waals surface area contributed by atoms with Gasteiger partial charge in [-0.2, -0.15) is 0 Å². The zero-order chi connectivity index (χ0) is 24.4. The van der Waals surface area contributed by atoms with Gasteiger partial charge in [0.1, 0.15) is 0 Å². The largest absolute Gasteiger partial charge is 0.417 e. The van der Waals surface area contributed by atoms with Crippen LogP contribution < -0.4 is 0 Å². The molecule has 3 aliphatic carbocycles. The van der Waals surface area contributed by atoms with E-state index in [0.717, 1.165) is 55.0 Å². The van der Waals surface area contributed by atoms with Gasteiger partial charge >= 0.3 is 0 Å². The van der Waals surface area contributed by atoms with Crippen LogP contribution in [-0.2, 0) is 4.43 Å². The van der Waals surface area contributed by atoms with Crippen molar-refractivity contribution in [3.05, 3.63) is 0 Å². The summed E-state index contributed by atoms with van der Waals surface area (Å²) in [7, 11) is -1.61. The zero-order valence-electron chi connectivity index (χ0n) is 23.6. The second-order valence-corrected chi connectivity index (χ2v) is 19.2. The van der Waals surface area contributed by atoms with Crippen molar-refractivity contribution in [3.63, 3.8) is 0 Å². The van der Waals surface area contributed by atoms with Crippen LogP contribution in [0.25, 0.3) is 0 Å².